The molecule has 1 fully saturated rings. The summed E-state index contributed by atoms with van der Waals surface area (Å²) in [7, 11) is 0. The SMILES string of the molecule is C[C@@H](Nc1c(C#N)nnc2cc(-c3ccccc3)ccc12)C1CC1. The molecule has 4 rings (SSSR count). The van der Waals surface area contributed by atoms with E-state index in [0.29, 0.717) is 17.7 Å². The Kier molecular flexibility index (Phi) is 3.62. The summed E-state index contributed by atoms with van der Waals surface area (Å²) in [6.45, 7) is 2.17. The summed E-state index contributed by atoms with van der Waals surface area (Å²) in [5.41, 5.74) is 4.22. The lowest BCUT2D eigenvalue weighted by molar-refractivity contribution is 0.694. The molecule has 0 radical (unpaired) electrons. The van der Waals surface area contributed by atoms with Crippen LogP contribution < -0.4 is 5.32 Å². The van der Waals surface area contributed by atoms with Gasteiger partial charge in [-0.1, -0.05) is 36.4 Å². The predicted octanol–water partition coefficient (Wildman–Crippen LogP) is 4.38. The average molecular weight is 314 g/mol. The van der Waals surface area contributed by atoms with E-state index in [1.807, 2.05) is 30.3 Å². The Labute approximate surface area is 141 Å². The average Bonchev–Trinajstić information content (AvgIpc) is 3.47. The maximum absolute atomic E-state index is 9.39. The number of hydrogen-bond acceptors (Lipinski definition) is 4. The van der Waals surface area contributed by atoms with Crippen LogP contribution in [0.5, 0.6) is 0 Å². The third-order valence-electron chi connectivity index (χ3n) is 4.68. The second kappa shape index (κ2) is 5.93. The van der Waals surface area contributed by atoms with Gasteiger partial charge in [0.15, 0.2) is 5.69 Å². The molecule has 1 aliphatic carbocycles. The summed E-state index contributed by atoms with van der Waals surface area (Å²) in [6, 6.07) is 18.9. The van der Waals surface area contributed by atoms with Crippen LogP contribution in [-0.2, 0) is 0 Å². The fraction of sp³-hybridized carbons (Fsp3) is 0.250. The number of anilines is 1. The molecule has 0 amide bonds. The van der Waals surface area contributed by atoms with Gasteiger partial charge in [0.2, 0.25) is 0 Å². The highest BCUT2D eigenvalue weighted by atomic mass is 15.1. The van der Waals surface area contributed by atoms with Crippen LogP contribution in [0.1, 0.15) is 25.5 Å². The number of nitrogens with one attached hydrogen (secondary N) is 1. The van der Waals surface area contributed by atoms with E-state index in [0.717, 1.165) is 27.7 Å². The topological polar surface area (TPSA) is 61.6 Å². The van der Waals surface area contributed by atoms with Gasteiger partial charge in [-0.2, -0.15) is 5.26 Å². The second-order valence-electron chi connectivity index (χ2n) is 6.40. The lowest BCUT2D eigenvalue weighted by Crippen LogP contribution is -2.19. The van der Waals surface area contributed by atoms with E-state index < -0.39 is 0 Å². The van der Waals surface area contributed by atoms with Gasteiger partial charge in [-0.15, -0.1) is 10.2 Å². The van der Waals surface area contributed by atoms with Crippen LogP contribution in [0.3, 0.4) is 0 Å². The highest BCUT2D eigenvalue weighted by Crippen LogP contribution is 2.36. The molecular weight excluding hydrogens is 296 g/mol. The Balaban J connectivity index is 1.80. The molecule has 3 aromatic rings. The summed E-state index contributed by atoms with van der Waals surface area (Å²) in [6.07, 6.45) is 2.51. The van der Waals surface area contributed by atoms with Crippen molar-refractivity contribution in [2.45, 2.75) is 25.8 Å². The molecule has 0 aliphatic heterocycles. The zero-order valence-corrected chi connectivity index (χ0v) is 13.5. The lowest BCUT2D eigenvalue weighted by Gasteiger charge is -2.17. The molecule has 1 saturated carbocycles. The van der Waals surface area contributed by atoms with Crippen molar-refractivity contribution in [3.05, 3.63) is 54.2 Å². The minimum absolute atomic E-state index is 0.346. The number of benzene rings is 2. The number of fused-ring (bicyclic) bond motifs is 1. The van der Waals surface area contributed by atoms with Crippen molar-refractivity contribution in [3.63, 3.8) is 0 Å². The van der Waals surface area contributed by atoms with Crippen LogP contribution in [-0.4, -0.2) is 16.2 Å². The first-order chi connectivity index (χ1) is 11.8. The Morgan fingerprint density at radius 3 is 2.58 bits per heavy atom. The second-order valence-corrected chi connectivity index (χ2v) is 6.40. The van der Waals surface area contributed by atoms with Crippen molar-refractivity contribution in [1.82, 2.24) is 10.2 Å². The van der Waals surface area contributed by atoms with E-state index in [-0.39, 0.29) is 0 Å². The first-order valence-corrected chi connectivity index (χ1v) is 8.29. The van der Waals surface area contributed by atoms with E-state index in [4.69, 9.17) is 0 Å². The van der Waals surface area contributed by atoms with Crippen molar-refractivity contribution >= 4 is 16.6 Å². The normalized spacial score (nSPS) is 15.0. The number of nitrogens with zero attached hydrogens (tertiary/aromatic N) is 3. The van der Waals surface area contributed by atoms with Crippen LogP contribution in [0.25, 0.3) is 22.0 Å². The summed E-state index contributed by atoms with van der Waals surface area (Å²) in [4.78, 5) is 0. The van der Waals surface area contributed by atoms with Gasteiger partial charge < -0.3 is 5.32 Å². The fourth-order valence-electron chi connectivity index (χ4n) is 3.08. The molecule has 1 aromatic heterocycles. The third kappa shape index (κ3) is 2.69. The summed E-state index contributed by atoms with van der Waals surface area (Å²) in [5.74, 6) is 0.698. The molecule has 0 spiro atoms. The summed E-state index contributed by atoms with van der Waals surface area (Å²) >= 11 is 0. The van der Waals surface area contributed by atoms with Gasteiger partial charge in [0, 0.05) is 11.4 Å². The number of rotatable bonds is 4. The minimum atomic E-state index is 0.346. The molecule has 0 unspecified atom stereocenters. The first kappa shape index (κ1) is 14.6. The lowest BCUT2D eigenvalue weighted by atomic mass is 10.0. The summed E-state index contributed by atoms with van der Waals surface area (Å²) < 4.78 is 0. The van der Waals surface area contributed by atoms with Gasteiger partial charge in [0.05, 0.1) is 11.2 Å². The van der Waals surface area contributed by atoms with Crippen molar-refractivity contribution in [3.8, 4) is 17.2 Å². The van der Waals surface area contributed by atoms with Crippen LogP contribution >= 0.6 is 0 Å². The van der Waals surface area contributed by atoms with Gasteiger partial charge in [-0.25, -0.2) is 0 Å². The molecular formula is C20H18N4. The maximum Gasteiger partial charge on any atom is 0.186 e. The van der Waals surface area contributed by atoms with E-state index in [9.17, 15) is 5.26 Å². The molecule has 1 atom stereocenters. The van der Waals surface area contributed by atoms with Crippen LogP contribution in [0.2, 0.25) is 0 Å². The van der Waals surface area contributed by atoms with E-state index in [1.54, 1.807) is 0 Å². The quantitative estimate of drug-likeness (QED) is 0.776. The molecule has 1 N–H and O–H groups in total. The number of nitriles is 1. The maximum atomic E-state index is 9.39. The van der Waals surface area contributed by atoms with Gasteiger partial charge in [-0.05, 0) is 48.9 Å². The van der Waals surface area contributed by atoms with Crippen LogP contribution in [0.15, 0.2) is 48.5 Å². The first-order valence-electron chi connectivity index (χ1n) is 8.29. The molecule has 2 aromatic carbocycles. The third-order valence-corrected chi connectivity index (χ3v) is 4.68. The minimum Gasteiger partial charge on any atom is -0.379 e. The Hall–Kier alpha value is -2.93. The van der Waals surface area contributed by atoms with Crippen molar-refractivity contribution in [2.75, 3.05) is 5.32 Å². The fourth-order valence-corrected chi connectivity index (χ4v) is 3.08. The van der Waals surface area contributed by atoms with Gasteiger partial charge in [0.1, 0.15) is 6.07 Å². The van der Waals surface area contributed by atoms with Crippen molar-refractivity contribution in [1.29, 1.82) is 5.26 Å². The molecule has 1 aliphatic rings. The molecule has 0 bridgehead atoms. The van der Waals surface area contributed by atoms with Crippen molar-refractivity contribution in [2.24, 2.45) is 5.92 Å². The molecule has 4 nitrogen and oxygen atoms in total. The zero-order valence-electron chi connectivity index (χ0n) is 13.5. The van der Waals surface area contributed by atoms with Gasteiger partial charge in [-0.3, -0.25) is 0 Å². The zero-order chi connectivity index (χ0) is 16.5. The number of aromatic nitrogens is 2. The Bertz CT molecular complexity index is 924. The molecule has 1 heterocycles. The Morgan fingerprint density at radius 1 is 1.08 bits per heavy atom. The van der Waals surface area contributed by atoms with Crippen LogP contribution in [0.4, 0.5) is 5.69 Å². The summed E-state index contributed by atoms with van der Waals surface area (Å²) in [5, 5.41) is 22.2. The van der Waals surface area contributed by atoms with E-state index in [1.165, 1.54) is 12.8 Å². The molecule has 4 heteroatoms. The standard InChI is InChI=1S/C20H18N4/c1-13(14-7-8-14)22-20-17-10-9-16(15-5-3-2-4-6-15)11-18(17)23-24-19(20)12-21/h2-6,9-11,13-14H,7-8H2,1H3,(H,22,23)/t13-/m1/s1. The van der Waals surface area contributed by atoms with E-state index in [2.05, 4.69) is 46.7 Å². The smallest absolute Gasteiger partial charge is 0.186 e. The largest absolute Gasteiger partial charge is 0.379 e. The molecule has 118 valence electrons. The monoisotopic (exact) mass is 314 g/mol. The number of hydrogen-bond donors (Lipinski definition) is 1. The Morgan fingerprint density at radius 2 is 1.88 bits per heavy atom. The highest BCUT2D eigenvalue weighted by Gasteiger charge is 2.28. The predicted molar refractivity (Wildman–Crippen MR) is 95.5 cm³/mol. The highest BCUT2D eigenvalue weighted by molar-refractivity contribution is 5.95. The van der Waals surface area contributed by atoms with Crippen molar-refractivity contribution < 1.29 is 0 Å². The van der Waals surface area contributed by atoms with Crippen LogP contribution in [0, 0.1) is 17.2 Å². The van der Waals surface area contributed by atoms with Gasteiger partial charge >= 0.3 is 0 Å². The molecule has 0 saturated heterocycles. The molecule has 24 heavy (non-hydrogen) atoms. The van der Waals surface area contributed by atoms with E-state index >= 15 is 0 Å². The van der Waals surface area contributed by atoms with Gasteiger partial charge in [0.25, 0.3) is 0 Å².